The molecule has 3 nitrogen and oxygen atoms in total. The third-order valence-corrected chi connectivity index (χ3v) is 2.23. The van der Waals surface area contributed by atoms with Gasteiger partial charge in [0.15, 0.2) is 0 Å². The van der Waals surface area contributed by atoms with Crippen LogP contribution in [0.2, 0.25) is 0 Å². The van der Waals surface area contributed by atoms with E-state index < -0.39 is 5.97 Å². The molecule has 0 unspecified atom stereocenters. The molecule has 3 heteroatoms. The molecule has 0 bridgehead atoms. The minimum atomic E-state index is -0.404. The number of allylic oxidation sites excluding steroid dienone is 1. The molecule has 1 rings (SSSR count). The zero-order chi connectivity index (χ0) is 12.7. The second-order valence-corrected chi connectivity index (χ2v) is 3.37. The fourth-order valence-electron chi connectivity index (χ4n) is 1.51. The SMILES string of the molecule is C=CCOC(=O)c1c(CC=C)cccc1OC. The average Bonchev–Trinajstić information content (AvgIpc) is 2.36. The Morgan fingerprint density at radius 3 is 2.71 bits per heavy atom. The van der Waals surface area contributed by atoms with Gasteiger partial charge in [0.05, 0.1) is 7.11 Å². The highest BCUT2D eigenvalue weighted by Crippen LogP contribution is 2.23. The number of carbonyl (C=O) groups is 1. The molecule has 0 heterocycles. The van der Waals surface area contributed by atoms with Gasteiger partial charge in [-0.05, 0) is 18.1 Å². The maximum absolute atomic E-state index is 11.9. The maximum atomic E-state index is 11.9. The predicted octanol–water partition coefficient (Wildman–Crippen LogP) is 2.77. The zero-order valence-corrected chi connectivity index (χ0v) is 9.94. The molecule has 90 valence electrons. The molecule has 0 aromatic heterocycles. The highest BCUT2D eigenvalue weighted by Gasteiger charge is 2.17. The normalized spacial score (nSPS) is 9.47. The molecule has 1 aromatic rings. The van der Waals surface area contributed by atoms with Crippen molar-refractivity contribution in [3.63, 3.8) is 0 Å². The zero-order valence-electron chi connectivity index (χ0n) is 9.94. The van der Waals surface area contributed by atoms with E-state index in [0.717, 1.165) is 5.56 Å². The molecule has 0 fully saturated rings. The van der Waals surface area contributed by atoms with Gasteiger partial charge in [0.2, 0.25) is 0 Å². The minimum Gasteiger partial charge on any atom is -0.496 e. The van der Waals surface area contributed by atoms with Crippen LogP contribution in [0, 0.1) is 0 Å². The van der Waals surface area contributed by atoms with Crippen LogP contribution in [0.15, 0.2) is 43.5 Å². The lowest BCUT2D eigenvalue weighted by Crippen LogP contribution is -2.10. The van der Waals surface area contributed by atoms with E-state index >= 15 is 0 Å². The Labute approximate surface area is 101 Å². The van der Waals surface area contributed by atoms with Crippen LogP contribution in [0.25, 0.3) is 0 Å². The first-order valence-electron chi connectivity index (χ1n) is 5.29. The van der Waals surface area contributed by atoms with E-state index in [-0.39, 0.29) is 6.61 Å². The number of methoxy groups -OCH3 is 1. The van der Waals surface area contributed by atoms with Crippen LogP contribution in [0.1, 0.15) is 15.9 Å². The Morgan fingerprint density at radius 2 is 2.12 bits per heavy atom. The molecule has 0 aliphatic heterocycles. The molecule has 17 heavy (non-hydrogen) atoms. The number of esters is 1. The summed E-state index contributed by atoms with van der Waals surface area (Å²) in [5.74, 6) is 0.109. The van der Waals surface area contributed by atoms with E-state index in [1.165, 1.54) is 13.2 Å². The van der Waals surface area contributed by atoms with Crippen molar-refractivity contribution in [3.05, 3.63) is 54.6 Å². The van der Waals surface area contributed by atoms with Gasteiger partial charge in [0, 0.05) is 0 Å². The molecule has 0 spiro atoms. The van der Waals surface area contributed by atoms with Crippen LogP contribution in [-0.4, -0.2) is 19.7 Å². The first-order valence-corrected chi connectivity index (χ1v) is 5.29. The molecule has 0 atom stereocenters. The third-order valence-electron chi connectivity index (χ3n) is 2.23. The molecule has 0 aliphatic rings. The fraction of sp³-hybridized carbons (Fsp3) is 0.214. The summed E-state index contributed by atoms with van der Waals surface area (Å²) < 4.78 is 10.2. The number of benzene rings is 1. The van der Waals surface area contributed by atoms with Gasteiger partial charge in [0.25, 0.3) is 0 Å². The quantitative estimate of drug-likeness (QED) is 0.559. The van der Waals surface area contributed by atoms with Crippen molar-refractivity contribution >= 4 is 5.97 Å². The largest absolute Gasteiger partial charge is 0.496 e. The molecule has 0 saturated heterocycles. The average molecular weight is 232 g/mol. The summed E-state index contributed by atoms with van der Waals surface area (Å²) in [7, 11) is 1.53. The Balaban J connectivity index is 3.11. The summed E-state index contributed by atoms with van der Waals surface area (Å²) in [6.07, 6.45) is 3.86. The Hall–Kier alpha value is -2.03. The van der Waals surface area contributed by atoms with Crippen LogP contribution >= 0.6 is 0 Å². The molecule has 0 N–H and O–H groups in total. The predicted molar refractivity (Wildman–Crippen MR) is 67.4 cm³/mol. The van der Waals surface area contributed by atoms with Crippen molar-refractivity contribution in [2.45, 2.75) is 6.42 Å². The molecule has 0 radical (unpaired) electrons. The van der Waals surface area contributed by atoms with E-state index in [0.29, 0.717) is 17.7 Å². The lowest BCUT2D eigenvalue weighted by atomic mass is 10.0. The molecule has 0 amide bonds. The van der Waals surface area contributed by atoms with E-state index in [1.807, 2.05) is 12.1 Å². The Kier molecular flexibility index (Phi) is 5.01. The fourth-order valence-corrected chi connectivity index (χ4v) is 1.51. The highest BCUT2D eigenvalue weighted by atomic mass is 16.5. The number of carbonyl (C=O) groups excluding carboxylic acids is 1. The second kappa shape index (κ2) is 6.53. The van der Waals surface area contributed by atoms with Crippen LogP contribution in [0.5, 0.6) is 5.75 Å². The van der Waals surface area contributed by atoms with E-state index in [2.05, 4.69) is 13.2 Å². The van der Waals surface area contributed by atoms with Crippen molar-refractivity contribution in [2.24, 2.45) is 0 Å². The second-order valence-electron chi connectivity index (χ2n) is 3.37. The molecule has 1 aromatic carbocycles. The molecular formula is C14H16O3. The van der Waals surface area contributed by atoms with Crippen molar-refractivity contribution in [1.82, 2.24) is 0 Å². The van der Waals surface area contributed by atoms with Gasteiger partial charge >= 0.3 is 5.97 Å². The lowest BCUT2D eigenvalue weighted by Gasteiger charge is -2.11. The first-order chi connectivity index (χ1) is 8.24. The molecule has 0 saturated carbocycles. The van der Waals surface area contributed by atoms with Crippen molar-refractivity contribution in [3.8, 4) is 5.75 Å². The smallest absolute Gasteiger partial charge is 0.342 e. The van der Waals surface area contributed by atoms with Crippen LogP contribution in [-0.2, 0) is 11.2 Å². The van der Waals surface area contributed by atoms with Crippen LogP contribution < -0.4 is 4.74 Å². The van der Waals surface area contributed by atoms with Gasteiger partial charge < -0.3 is 9.47 Å². The van der Waals surface area contributed by atoms with E-state index in [4.69, 9.17) is 9.47 Å². The Bertz CT molecular complexity index is 421. The first kappa shape index (κ1) is 13.0. The monoisotopic (exact) mass is 232 g/mol. The number of ether oxygens (including phenoxy) is 2. The van der Waals surface area contributed by atoms with Gasteiger partial charge in [-0.25, -0.2) is 4.79 Å². The summed E-state index contributed by atoms with van der Waals surface area (Å²) in [5.41, 5.74) is 1.30. The van der Waals surface area contributed by atoms with E-state index in [9.17, 15) is 4.79 Å². The third kappa shape index (κ3) is 3.21. The number of rotatable bonds is 6. The van der Waals surface area contributed by atoms with Gasteiger partial charge in [-0.1, -0.05) is 30.9 Å². The topological polar surface area (TPSA) is 35.5 Å². The Morgan fingerprint density at radius 1 is 1.35 bits per heavy atom. The van der Waals surface area contributed by atoms with Crippen LogP contribution in [0.3, 0.4) is 0 Å². The minimum absolute atomic E-state index is 0.185. The summed E-state index contributed by atoms with van der Waals surface area (Å²) in [5, 5.41) is 0. The summed E-state index contributed by atoms with van der Waals surface area (Å²) in [6, 6.07) is 5.42. The summed E-state index contributed by atoms with van der Waals surface area (Å²) in [6.45, 7) is 7.35. The van der Waals surface area contributed by atoms with Crippen LogP contribution in [0.4, 0.5) is 0 Å². The lowest BCUT2D eigenvalue weighted by molar-refractivity contribution is 0.0545. The molecule has 0 aliphatic carbocycles. The van der Waals surface area contributed by atoms with Gasteiger partial charge in [-0.15, -0.1) is 6.58 Å². The van der Waals surface area contributed by atoms with Gasteiger partial charge in [-0.2, -0.15) is 0 Å². The summed E-state index contributed by atoms with van der Waals surface area (Å²) >= 11 is 0. The number of hydrogen-bond donors (Lipinski definition) is 0. The standard InChI is InChI=1S/C14H16O3/c1-4-7-11-8-6-9-12(16-3)13(11)14(15)17-10-5-2/h4-6,8-9H,1-2,7,10H2,3H3. The maximum Gasteiger partial charge on any atom is 0.342 e. The van der Waals surface area contributed by atoms with Crippen molar-refractivity contribution in [1.29, 1.82) is 0 Å². The van der Waals surface area contributed by atoms with Crippen molar-refractivity contribution in [2.75, 3.05) is 13.7 Å². The van der Waals surface area contributed by atoms with Gasteiger partial charge in [-0.3, -0.25) is 0 Å². The summed E-state index contributed by atoms with van der Waals surface area (Å²) in [4.78, 5) is 11.9. The number of hydrogen-bond acceptors (Lipinski definition) is 3. The van der Waals surface area contributed by atoms with Crippen molar-refractivity contribution < 1.29 is 14.3 Å². The van der Waals surface area contributed by atoms with E-state index in [1.54, 1.807) is 12.1 Å². The highest BCUT2D eigenvalue weighted by molar-refractivity contribution is 5.94. The van der Waals surface area contributed by atoms with Gasteiger partial charge in [0.1, 0.15) is 17.9 Å². The molecular weight excluding hydrogens is 216 g/mol.